The number of phosphoric acid groups is 1. The van der Waals surface area contributed by atoms with E-state index in [1.54, 1.807) is 0 Å². The Labute approximate surface area is 172 Å². The summed E-state index contributed by atoms with van der Waals surface area (Å²) in [7, 11) is -4.32. The monoisotopic (exact) mass is 424 g/mol. The highest BCUT2D eigenvalue weighted by atomic mass is 32.2. The van der Waals surface area contributed by atoms with Gasteiger partial charge in [0.15, 0.2) is 0 Å². The van der Waals surface area contributed by atoms with Gasteiger partial charge in [-0.25, -0.2) is 4.57 Å². The van der Waals surface area contributed by atoms with E-state index in [0.717, 1.165) is 17.9 Å². The molecule has 0 heterocycles. The zero-order valence-electron chi connectivity index (χ0n) is 17.9. The molecule has 27 heavy (non-hydrogen) atoms. The summed E-state index contributed by atoms with van der Waals surface area (Å²) in [5.74, 6) is 2.30. The van der Waals surface area contributed by atoms with Crippen molar-refractivity contribution in [3.05, 3.63) is 0 Å². The van der Waals surface area contributed by atoms with Gasteiger partial charge >= 0.3 is 7.82 Å². The van der Waals surface area contributed by atoms with E-state index in [0.29, 0.717) is 0 Å². The van der Waals surface area contributed by atoms with Gasteiger partial charge in [-0.1, -0.05) is 104 Å². The minimum absolute atomic E-state index is 0.159. The maximum absolute atomic E-state index is 10.7. The molecule has 0 spiro atoms. The molecule has 0 aromatic carbocycles. The molecule has 0 aromatic heterocycles. The lowest BCUT2D eigenvalue weighted by Gasteiger charge is -2.15. The molecular formula is C21H45O4PS. The Kier molecular flexibility index (Phi) is 20.1. The Hall–Kier alpha value is 0.460. The minimum atomic E-state index is -4.32. The van der Waals surface area contributed by atoms with Crippen molar-refractivity contribution in [2.45, 2.75) is 110 Å². The number of unbranched alkanes of at least 4 members (excludes halogenated alkanes) is 13. The van der Waals surface area contributed by atoms with Crippen LogP contribution in [0.1, 0.15) is 110 Å². The quantitative estimate of drug-likeness (QED) is 0.149. The van der Waals surface area contributed by atoms with E-state index >= 15 is 0 Å². The van der Waals surface area contributed by atoms with E-state index in [2.05, 4.69) is 11.4 Å². The summed E-state index contributed by atoms with van der Waals surface area (Å²) < 4.78 is 15.4. The summed E-state index contributed by atoms with van der Waals surface area (Å²) in [5, 5.41) is 0. The fourth-order valence-electron chi connectivity index (χ4n) is 3.13. The van der Waals surface area contributed by atoms with Gasteiger partial charge in [0, 0.05) is 0 Å². The first kappa shape index (κ1) is 27.5. The second-order valence-corrected chi connectivity index (χ2v) is 10.1. The molecular weight excluding hydrogens is 379 g/mol. The molecule has 1 unspecified atom stereocenters. The van der Waals surface area contributed by atoms with Crippen LogP contribution in [0.25, 0.3) is 0 Å². The van der Waals surface area contributed by atoms with Gasteiger partial charge in [-0.15, -0.1) is 0 Å². The second kappa shape index (κ2) is 19.8. The highest BCUT2D eigenvalue weighted by molar-refractivity contribution is 7.99. The molecule has 0 aliphatic heterocycles. The minimum Gasteiger partial charge on any atom is -0.303 e. The van der Waals surface area contributed by atoms with Crippen LogP contribution in [0.5, 0.6) is 0 Å². The Morgan fingerprint density at radius 2 is 1.22 bits per heavy atom. The van der Waals surface area contributed by atoms with Crippen molar-refractivity contribution in [2.24, 2.45) is 5.92 Å². The summed E-state index contributed by atoms with van der Waals surface area (Å²) in [6.07, 6.45) is 20.3. The van der Waals surface area contributed by atoms with Crippen LogP contribution in [0, 0.1) is 5.92 Å². The van der Waals surface area contributed by atoms with Crippen LogP contribution in [0.4, 0.5) is 0 Å². The number of rotatable bonds is 21. The highest BCUT2D eigenvalue weighted by Crippen LogP contribution is 2.36. The fourth-order valence-corrected chi connectivity index (χ4v) is 4.78. The SMILES string of the molecule is CCCCCCCCCCCCCCCCSCC(CC)COP(=O)(O)O. The lowest BCUT2D eigenvalue weighted by molar-refractivity contribution is 0.172. The summed E-state index contributed by atoms with van der Waals surface area (Å²) in [4.78, 5) is 17.5. The lowest BCUT2D eigenvalue weighted by atomic mass is 10.0. The van der Waals surface area contributed by atoms with Crippen molar-refractivity contribution in [3.63, 3.8) is 0 Å². The van der Waals surface area contributed by atoms with Gasteiger partial charge in [0.2, 0.25) is 0 Å². The molecule has 164 valence electrons. The van der Waals surface area contributed by atoms with Crippen molar-refractivity contribution in [3.8, 4) is 0 Å². The summed E-state index contributed by atoms with van der Waals surface area (Å²) in [6.45, 7) is 4.47. The predicted molar refractivity (Wildman–Crippen MR) is 119 cm³/mol. The number of hydrogen-bond acceptors (Lipinski definition) is 3. The van der Waals surface area contributed by atoms with Crippen molar-refractivity contribution >= 4 is 19.6 Å². The average molecular weight is 425 g/mol. The Balaban J connectivity index is 3.25. The van der Waals surface area contributed by atoms with Gasteiger partial charge in [-0.3, -0.25) is 4.52 Å². The molecule has 4 nitrogen and oxygen atoms in total. The zero-order chi connectivity index (χ0) is 20.2. The van der Waals surface area contributed by atoms with Gasteiger partial charge in [-0.2, -0.15) is 11.8 Å². The smallest absolute Gasteiger partial charge is 0.303 e. The van der Waals surface area contributed by atoms with Crippen LogP contribution in [-0.4, -0.2) is 27.9 Å². The summed E-state index contributed by atoms with van der Waals surface area (Å²) >= 11 is 1.89. The maximum atomic E-state index is 10.7. The molecule has 0 bridgehead atoms. The van der Waals surface area contributed by atoms with Crippen molar-refractivity contribution < 1.29 is 18.9 Å². The van der Waals surface area contributed by atoms with E-state index in [-0.39, 0.29) is 12.5 Å². The topological polar surface area (TPSA) is 66.8 Å². The Morgan fingerprint density at radius 1 is 0.778 bits per heavy atom. The third kappa shape index (κ3) is 22.6. The predicted octanol–water partition coefficient (Wildman–Crippen LogP) is 7.34. The first-order valence-electron chi connectivity index (χ1n) is 11.3. The first-order chi connectivity index (χ1) is 13.0. The highest BCUT2D eigenvalue weighted by Gasteiger charge is 2.17. The van der Waals surface area contributed by atoms with E-state index in [9.17, 15) is 4.57 Å². The molecule has 6 heteroatoms. The largest absolute Gasteiger partial charge is 0.469 e. The molecule has 0 fully saturated rings. The van der Waals surface area contributed by atoms with Gasteiger partial charge in [0.1, 0.15) is 0 Å². The van der Waals surface area contributed by atoms with E-state index in [1.807, 2.05) is 18.7 Å². The first-order valence-corrected chi connectivity index (χ1v) is 14.0. The second-order valence-electron chi connectivity index (χ2n) is 7.73. The lowest BCUT2D eigenvalue weighted by Crippen LogP contribution is -2.10. The zero-order valence-corrected chi connectivity index (χ0v) is 19.6. The molecule has 0 rings (SSSR count). The molecule has 0 aromatic rings. The van der Waals surface area contributed by atoms with E-state index < -0.39 is 7.82 Å². The molecule has 0 aliphatic carbocycles. The van der Waals surface area contributed by atoms with E-state index in [1.165, 1.54) is 89.9 Å². The third-order valence-electron chi connectivity index (χ3n) is 5.05. The van der Waals surface area contributed by atoms with Crippen LogP contribution in [-0.2, 0) is 9.09 Å². The molecule has 0 saturated heterocycles. The van der Waals surface area contributed by atoms with Crippen LogP contribution in [0.15, 0.2) is 0 Å². The number of thioether (sulfide) groups is 1. The van der Waals surface area contributed by atoms with Crippen molar-refractivity contribution in [1.82, 2.24) is 0 Å². The normalized spacial score (nSPS) is 13.2. The van der Waals surface area contributed by atoms with Gasteiger partial charge in [0.05, 0.1) is 6.61 Å². The van der Waals surface area contributed by atoms with Crippen molar-refractivity contribution in [1.29, 1.82) is 0 Å². The van der Waals surface area contributed by atoms with Crippen LogP contribution < -0.4 is 0 Å². The molecule has 0 amide bonds. The molecule has 0 radical (unpaired) electrons. The van der Waals surface area contributed by atoms with Crippen LogP contribution in [0.3, 0.4) is 0 Å². The third-order valence-corrected chi connectivity index (χ3v) is 6.82. The molecule has 2 N–H and O–H groups in total. The molecule has 0 aliphatic rings. The fraction of sp³-hybridized carbons (Fsp3) is 1.00. The molecule has 0 saturated carbocycles. The average Bonchev–Trinajstić information content (AvgIpc) is 2.63. The van der Waals surface area contributed by atoms with Crippen LogP contribution >= 0.6 is 19.6 Å². The van der Waals surface area contributed by atoms with Crippen molar-refractivity contribution in [2.75, 3.05) is 18.1 Å². The number of phosphoric ester groups is 1. The van der Waals surface area contributed by atoms with Gasteiger partial charge < -0.3 is 9.79 Å². The standard InChI is InChI=1S/C21H45O4PS/c1-3-5-6-7-8-9-10-11-12-13-14-15-16-17-18-27-20-21(4-2)19-25-26(22,23)24/h21H,3-20H2,1-2H3,(H2,22,23,24). The number of hydrogen-bond donors (Lipinski definition) is 2. The van der Waals surface area contributed by atoms with Gasteiger partial charge in [-0.05, 0) is 23.8 Å². The Morgan fingerprint density at radius 3 is 1.63 bits per heavy atom. The molecule has 1 atom stereocenters. The van der Waals surface area contributed by atoms with Gasteiger partial charge in [0.25, 0.3) is 0 Å². The van der Waals surface area contributed by atoms with E-state index in [4.69, 9.17) is 9.79 Å². The summed E-state index contributed by atoms with van der Waals surface area (Å²) in [5.41, 5.74) is 0. The Bertz CT molecular complexity index is 349. The maximum Gasteiger partial charge on any atom is 0.469 e. The summed E-state index contributed by atoms with van der Waals surface area (Å²) in [6, 6.07) is 0. The van der Waals surface area contributed by atoms with Crippen LogP contribution in [0.2, 0.25) is 0 Å².